The fourth-order valence-electron chi connectivity index (χ4n) is 4.51. The molecule has 3 N–H and O–H groups in total. The number of aliphatic hydroxyl groups excluding tert-OH is 1. The molecule has 1 aliphatic rings. The summed E-state index contributed by atoms with van der Waals surface area (Å²) < 4.78 is 5.89. The lowest BCUT2D eigenvalue weighted by molar-refractivity contribution is -0.136. The number of rotatable bonds is 11. The standard InChI is InChI=1S/C26H33Cl2NO4.ClH/c1-16(33-22-10-8-18(9-11-23(31)32)24(27)25(22)28)21(30)15-29-26(2,3)14-17-12-19-6-4-5-7-20(19)13-17;/h4-8,10,16-17,21,29-30H,9,11-15H2,1-3H3,(H,31,32);1H/t16-,21+;/m1./s1. The SMILES string of the molecule is C[C@@H](Oc1ccc(CCC(=O)O)c(Cl)c1Cl)[C@@H](O)CNC(C)(C)CC1Cc2ccccc2C1.Cl. The van der Waals surface area contributed by atoms with Gasteiger partial charge < -0.3 is 20.3 Å². The van der Waals surface area contributed by atoms with Crippen molar-refractivity contribution >= 4 is 41.6 Å². The number of carbonyl (C=O) groups is 1. The molecule has 34 heavy (non-hydrogen) atoms. The summed E-state index contributed by atoms with van der Waals surface area (Å²) in [5.74, 6) is 0.0683. The first-order valence-corrected chi connectivity index (χ1v) is 12.2. The van der Waals surface area contributed by atoms with Crippen molar-refractivity contribution in [3.8, 4) is 5.75 Å². The minimum absolute atomic E-state index is 0. The Morgan fingerprint density at radius 2 is 1.76 bits per heavy atom. The number of carboxylic acids is 1. The summed E-state index contributed by atoms with van der Waals surface area (Å²) in [6, 6.07) is 12.0. The highest BCUT2D eigenvalue weighted by atomic mass is 35.5. The Balaban J connectivity index is 0.00000408. The lowest BCUT2D eigenvalue weighted by Gasteiger charge is -2.32. The number of hydrogen-bond acceptors (Lipinski definition) is 4. The number of halogens is 3. The molecule has 0 fully saturated rings. The lowest BCUT2D eigenvalue weighted by atomic mass is 9.88. The quantitative estimate of drug-likeness (QED) is 0.346. The Labute approximate surface area is 218 Å². The molecular weight excluding hydrogens is 497 g/mol. The molecule has 0 radical (unpaired) electrons. The van der Waals surface area contributed by atoms with Gasteiger partial charge in [-0.2, -0.15) is 0 Å². The first-order chi connectivity index (χ1) is 15.6. The zero-order chi connectivity index (χ0) is 24.2. The Hall–Kier alpha value is -1.50. The molecule has 0 bridgehead atoms. The van der Waals surface area contributed by atoms with Gasteiger partial charge in [0, 0.05) is 18.5 Å². The van der Waals surface area contributed by atoms with Crippen molar-refractivity contribution in [3.63, 3.8) is 0 Å². The van der Waals surface area contributed by atoms with Gasteiger partial charge in [0.05, 0.1) is 5.02 Å². The minimum Gasteiger partial charge on any atom is -0.486 e. The van der Waals surface area contributed by atoms with Crippen LogP contribution in [0.1, 0.15) is 50.3 Å². The number of β-amino-alcohol motifs (C(OH)–C–C–N with tert-alkyl or cyclic N) is 1. The third-order valence-electron chi connectivity index (χ3n) is 6.31. The summed E-state index contributed by atoms with van der Waals surface area (Å²) in [5, 5.41) is 23.6. The molecule has 0 amide bonds. The van der Waals surface area contributed by atoms with Gasteiger partial charge in [-0.3, -0.25) is 4.79 Å². The summed E-state index contributed by atoms with van der Waals surface area (Å²) in [4.78, 5) is 10.8. The second-order valence-electron chi connectivity index (χ2n) is 9.65. The molecular formula is C26H34Cl3NO4. The highest BCUT2D eigenvalue weighted by Gasteiger charge is 2.29. The smallest absolute Gasteiger partial charge is 0.303 e. The van der Waals surface area contributed by atoms with E-state index in [1.165, 1.54) is 11.1 Å². The van der Waals surface area contributed by atoms with Crippen LogP contribution in [0.2, 0.25) is 10.0 Å². The molecule has 8 heteroatoms. The molecule has 0 aliphatic heterocycles. The van der Waals surface area contributed by atoms with Crippen LogP contribution in [0.25, 0.3) is 0 Å². The number of carboxylic acid groups (broad SMARTS) is 1. The topological polar surface area (TPSA) is 78.8 Å². The largest absolute Gasteiger partial charge is 0.486 e. The number of aryl methyl sites for hydroxylation is 1. The van der Waals surface area contributed by atoms with E-state index in [4.69, 9.17) is 33.0 Å². The third-order valence-corrected chi connectivity index (χ3v) is 7.22. The molecule has 0 unspecified atom stereocenters. The number of ether oxygens (including phenoxy) is 1. The summed E-state index contributed by atoms with van der Waals surface area (Å²) in [6.45, 7) is 6.51. The lowest BCUT2D eigenvalue weighted by Crippen LogP contribution is -2.48. The zero-order valence-electron chi connectivity index (χ0n) is 19.8. The van der Waals surface area contributed by atoms with Crippen LogP contribution < -0.4 is 10.1 Å². The van der Waals surface area contributed by atoms with Gasteiger partial charge in [0.25, 0.3) is 0 Å². The van der Waals surface area contributed by atoms with E-state index in [-0.39, 0.29) is 40.8 Å². The summed E-state index contributed by atoms with van der Waals surface area (Å²) in [5.41, 5.74) is 3.43. The fourth-order valence-corrected chi connectivity index (χ4v) is 4.99. The zero-order valence-corrected chi connectivity index (χ0v) is 22.1. The van der Waals surface area contributed by atoms with E-state index in [1.54, 1.807) is 19.1 Å². The van der Waals surface area contributed by atoms with E-state index < -0.39 is 18.2 Å². The average Bonchev–Trinajstić information content (AvgIpc) is 3.16. The van der Waals surface area contributed by atoms with Crippen molar-refractivity contribution in [2.45, 2.75) is 70.6 Å². The Kier molecular flexibility index (Phi) is 10.5. The van der Waals surface area contributed by atoms with Gasteiger partial charge in [-0.05, 0) is 75.1 Å². The van der Waals surface area contributed by atoms with E-state index in [0.29, 0.717) is 23.8 Å². The molecule has 0 heterocycles. The van der Waals surface area contributed by atoms with Gasteiger partial charge in [0.2, 0.25) is 0 Å². The van der Waals surface area contributed by atoms with Crippen LogP contribution in [0.4, 0.5) is 0 Å². The minimum atomic E-state index is -0.896. The molecule has 0 saturated heterocycles. The molecule has 2 aromatic carbocycles. The van der Waals surface area contributed by atoms with E-state index in [9.17, 15) is 9.90 Å². The summed E-state index contributed by atoms with van der Waals surface area (Å²) >= 11 is 12.6. The van der Waals surface area contributed by atoms with Crippen LogP contribution in [-0.4, -0.2) is 40.5 Å². The van der Waals surface area contributed by atoms with Crippen LogP contribution in [0.3, 0.4) is 0 Å². The molecule has 2 atom stereocenters. The van der Waals surface area contributed by atoms with Crippen LogP contribution in [-0.2, 0) is 24.1 Å². The normalized spacial score (nSPS) is 15.4. The van der Waals surface area contributed by atoms with E-state index in [0.717, 1.165) is 19.3 Å². The van der Waals surface area contributed by atoms with E-state index in [2.05, 4.69) is 43.4 Å². The second kappa shape index (κ2) is 12.5. The number of aliphatic carboxylic acids is 1. The maximum atomic E-state index is 10.8. The Morgan fingerprint density at radius 1 is 1.15 bits per heavy atom. The first-order valence-electron chi connectivity index (χ1n) is 11.4. The number of aliphatic hydroxyl groups is 1. The van der Waals surface area contributed by atoms with Gasteiger partial charge in [0.15, 0.2) is 0 Å². The highest BCUT2D eigenvalue weighted by molar-refractivity contribution is 6.43. The first kappa shape index (κ1) is 28.7. The van der Waals surface area contributed by atoms with Gasteiger partial charge in [-0.15, -0.1) is 12.4 Å². The van der Waals surface area contributed by atoms with Crippen molar-refractivity contribution in [2.24, 2.45) is 5.92 Å². The molecule has 0 saturated carbocycles. The number of benzene rings is 2. The van der Waals surface area contributed by atoms with Crippen molar-refractivity contribution < 1.29 is 19.7 Å². The highest BCUT2D eigenvalue weighted by Crippen LogP contribution is 2.36. The van der Waals surface area contributed by atoms with Crippen molar-refractivity contribution in [3.05, 3.63) is 63.1 Å². The second-order valence-corrected chi connectivity index (χ2v) is 10.4. The molecule has 3 rings (SSSR count). The molecule has 0 aromatic heterocycles. The van der Waals surface area contributed by atoms with Crippen LogP contribution in [0, 0.1) is 5.92 Å². The number of fused-ring (bicyclic) bond motifs is 1. The van der Waals surface area contributed by atoms with Gasteiger partial charge >= 0.3 is 5.97 Å². The van der Waals surface area contributed by atoms with Gasteiger partial charge in [-0.1, -0.05) is 53.5 Å². The molecule has 2 aromatic rings. The Bertz CT molecular complexity index is 958. The van der Waals surface area contributed by atoms with Crippen LogP contribution in [0.15, 0.2) is 36.4 Å². The Morgan fingerprint density at radius 3 is 2.35 bits per heavy atom. The van der Waals surface area contributed by atoms with E-state index in [1.807, 2.05) is 0 Å². The van der Waals surface area contributed by atoms with Crippen molar-refractivity contribution in [1.82, 2.24) is 5.32 Å². The maximum Gasteiger partial charge on any atom is 0.303 e. The van der Waals surface area contributed by atoms with Gasteiger partial charge in [-0.25, -0.2) is 0 Å². The molecule has 5 nitrogen and oxygen atoms in total. The number of hydrogen-bond donors (Lipinski definition) is 3. The number of nitrogens with one attached hydrogen (secondary N) is 1. The monoisotopic (exact) mass is 529 g/mol. The summed E-state index contributed by atoms with van der Waals surface area (Å²) in [7, 11) is 0. The average molecular weight is 531 g/mol. The van der Waals surface area contributed by atoms with Crippen LogP contribution in [0.5, 0.6) is 5.75 Å². The van der Waals surface area contributed by atoms with E-state index >= 15 is 0 Å². The maximum absolute atomic E-state index is 10.8. The third kappa shape index (κ3) is 7.76. The predicted octanol–water partition coefficient (Wildman–Crippen LogP) is 5.73. The molecule has 188 valence electrons. The van der Waals surface area contributed by atoms with Crippen molar-refractivity contribution in [2.75, 3.05) is 6.54 Å². The van der Waals surface area contributed by atoms with Crippen molar-refractivity contribution in [1.29, 1.82) is 0 Å². The summed E-state index contributed by atoms with van der Waals surface area (Å²) in [6.07, 6.45) is 2.23. The predicted molar refractivity (Wildman–Crippen MR) is 140 cm³/mol. The molecule has 1 aliphatic carbocycles. The van der Waals surface area contributed by atoms with Gasteiger partial charge in [0.1, 0.15) is 23.0 Å². The van der Waals surface area contributed by atoms with Crippen LogP contribution >= 0.6 is 35.6 Å². The molecule has 0 spiro atoms. The fraction of sp³-hybridized carbons (Fsp3) is 0.500.